The Morgan fingerprint density at radius 3 is 2.25 bits per heavy atom. The van der Waals surface area contributed by atoms with Gasteiger partial charge in [-0.05, 0) is 6.42 Å². The minimum atomic E-state index is -1.52. The highest BCUT2D eigenvalue weighted by Crippen LogP contribution is 1.93. The number of carbonyl (C=O) groups excluding carboxylic acids is 3. The zero-order valence-corrected chi connectivity index (χ0v) is 8.73. The van der Waals surface area contributed by atoms with Crippen LogP contribution in [0, 0.1) is 0 Å². The molecule has 0 radical (unpaired) electrons. The lowest BCUT2D eigenvalue weighted by Gasteiger charge is -2.03. The first kappa shape index (κ1) is 16.7. The molecule has 8 heteroatoms. The van der Waals surface area contributed by atoms with E-state index in [-0.39, 0.29) is 12.1 Å². The number of aliphatic hydroxyl groups is 1. The van der Waals surface area contributed by atoms with E-state index < -0.39 is 24.9 Å². The van der Waals surface area contributed by atoms with Crippen molar-refractivity contribution in [1.29, 1.82) is 0 Å². The van der Waals surface area contributed by atoms with Crippen LogP contribution in [0.1, 0.15) is 19.8 Å². The highest BCUT2D eigenvalue weighted by Gasteiger charge is 2.21. The number of ether oxygens (including phenoxy) is 3. The van der Waals surface area contributed by atoms with E-state index in [0.717, 1.165) is 6.42 Å². The molecule has 0 spiro atoms. The zero-order chi connectivity index (χ0) is 11.7. The van der Waals surface area contributed by atoms with Crippen molar-refractivity contribution in [3.8, 4) is 0 Å². The number of hydrogen-bond acceptors (Lipinski definition) is 7. The number of hydrogen-bond donors (Lipinski definition) is 1. The maximum Gasteiger partial charge on any atom is 0.516 e. The predicted molar refractivity (Wildman–Crippen MR) is 49.1 cm³/mol. The summed E-state index contributed by atoms with van der Waals surface area (Å²) in [7, 11) is 0. The van der Waals surface area contributed by atoms with Crippen LogP contribution in [-0.2, 0) is 23.8 Å². The molecular weight excluding hydrogens is 224 g/mol. The standard InChI is InChI=1S/C8H12O7.H2O/c1-2-3-4-13-8(12)15-7(11)6(10)14-5-9;/h9H,2-5H2,1H3;1H2. The molecule has 16 heavy (non-hydrogen) atoms. The number of unbranched alkanes of at least 4 members (excludes halogenated alkanes) is 1. The van der Waals surface area contributed by atoms with Crippen molar-refractivity contribution in [2.75, 3.05) is 13.4 Å². The lowest BCUT2D eigenvalue weighted by molar-refractivity contribution is -0.170. The van der Waals surface area contributed by atoms with Gasteiger partial charge in [0, 0.05) is 0 Å². The largest absolute Gasteiger partial charge is 0.516 e. The minimum Gasteiger partial charge on any atom is -0.434 e. The van der Waals surface area contributed by atoms with Crippen molar-refractivity contribution in [1.82, 2.24) is 0 Å². The SMILES string of the molecule is CCCCOC(=O)OC(=O)C(=O)OCO.O. The summed E-state index contributed by atoms with van der Waals surface area (Å²) in [4.78, 5) is 31.9. The number of rotatable bonds is 4. The average Bonchev–Trinajstić information content (AvgIpc) is 2.18. The van der Waals surface area contributed by atoms with E-state index >= 15 is 0 Å². The minimum absolute atomic E-state index is 0. The molecule has 3 N–H and O–H groups in total. The first-order valence-corrected chi connectivity index (χ1v) is 4.28. The van der Waals surface area contributed by atoms with Crippen LogP contribution >= 0.6 is 0 Å². The van der Waals surface area contributed by atoms with E-state index in [2.05, 4.69) is 14.2 Å². The lowest BCUT2D eigenvalue weighted by atomic mass is 10.4. The van der Waals surface area contributed by atoms with Crippen LogP contribution in [0.5, 0.6) is 0 Å². The molecule has 0 aromatic heterocycles. The quantitative estimate of drug-likeness (QED) is 0.221. The third kappa shape index (κ3) is 7.71. The summed E-state index contributed by atoms with van der Waals surface area (Å²) in [5.74, 6) is -2.98. The van der Waals surface area contributed by atoms with Crippen molar-refractivity contribution in [2.45, 2.75) is 19.8 Å². The zero-order valence-electron chi connectivity index (χ0n) is 8.73. The van der Waals surface area contributed by atoms with Gasteiger partial charge in [0.15, 0.2) is 6.79 Å². The smallest absolute Gasteiger partial charge is 0.434 e. The highest BCUT2D eigenvalue weighted by molar-refractivity contribution is 6.31. The number of esters is 2. The first-order chi connectivity index (χ1) is 7.11. The van der Waals surface area contributed by atoms with Crippen LogP contribution < -0.4 is 0 Å². The Kier molecular flexibility index (Phi) is 10.3. The summed E-state index contributed by atoms with van der Waals surface area (Å²) in [6.07, 6.45) is 0.182. The highest BCUT2D eigenvalue weighted by atomic mass is 16.8. The van der Waals surface area contributed by atoms with Crippen LogP contribution in [-0.4, -0.2) is 42.1 Å². The summed E-state index contributed by atoms with van der Waals surface area (Å²) in [5.41, 5.74) is 0. The van der Waals surface area contributed by atoms with Crippen LogP contribution in [0.25, 0.3) is 0 Å². The van der Waals surface area contributed by atoms with Crippen LogP contribution in [0.2, 0.25) is 0 Å². The van der Waals surface area contributed by atoms with Crippen LogP contribution in [0.4, 0.5) is 4.79 Å². The van der Waals surface area contributed by atoms with Gasteiger partial charge in [0.05, 0.1) is 6.61 Å². The summed E-state index contributed by atoms with van der Waals surface area (Å²) >= 11 is 0. The Labute approximate surface area is 91.4 Å². The lowest BCUT2D eigenvalue weighted by Crippen LogP contribution is -2.24. The van der Waals surface area contributed by atoms with E-state index in [1.54, 1.807) is 0 Å². The molecule has 0 saturated carbocycles. The molecule has 0 aliphatic rings. The molecular formula is C8H14O8. The summed E-state index contributed by atoms with van der Waals surface area (Å²) in [6, 6.07) is 0. The van der Waals surface area contributed by atoms with Gasteiger partial charge in [-0.3, -0.25) is 0 Å². The van der Waals surface area contributed by atoms with E-state index in [0.29, 0.717) is 6.42 Å². The van der Waals surface area contributed by atoms with Gasteiger partial charge in [-0.25, -0.2) is 14.4 Å². The summed E-state index contributed by atoms with van der Waals surface area (Å²) < 4.78 is 12.2. The van der Waals surface area contributed by atoms with E-state index in [1.165, 1.54) is 0 Å². The normalized spacial score (nSPS) is 8.62. The Morgan fingerprint density at radius 1 is 1.12 bits per heavy atom. The summed E-state index contributed by atoms with van der Waals surface area (Å²) in [5, 5.41) is 8.13. The van der Waals surface area contributed by atoms with Gasteiger partial charge in [-0.2, -0.15) is 0 Å². The number of aliphatic hydroxyl groups excluding tert-OH is 1. The third-order valence-electron chi connectivity index (χ3n) is 1.26. The molecule has 8 nitrogen and oxygen atoms in total. The van der Waals surface area contributed by atoms with Gasteiger partial charge in [0.1, 0.15) is 0 Å². The van der Waals surface area contributed by atoms with E-state index in [9.17, 15) is 14.4 Å². The molecule has 0 heterocycles. The Morgan fingerprint density at radius 2 is 1.75 bits per heavy atom. The molecule has 0 fully saturated rings. The fourth-order valence-corrected chi connectivity index (χ4v) is 0.564. The molecule has 0 rings (SSSR count). The predicted octanol–water partition coefficient (Wildman–Crippen LogP) is -0.865. The van der Waals surface area contributed by atoms with Gasteiger partial charge in [0.25, 0.3) is 0 Å². The third-order valence-corrected chi connectivity index (χ3v) is 1.26. The Hall–Kier alpha value is -1.67. The molecule has 0 atom stereocenters. The van der Waals surface area contributed by atoms with E-state index in [1.807, 2.05) is 6.92 Å². The molecule has 0 aliphatic carbocycles. The van der Waals surface area contributed by atoms with Gasteiger partial charge < -0.3 is 24.8 Å². The van der Waals surface area contributed by atoms with Crippen molar-refractivity contribution >= 4 is 18.1 Å². The molecule has 0 bridgehead atoms. The van der Waals surface area contributed by atoms with Crippen molar-refractivity contribution in [3.63, 3.8) is 0 Å². The van der Waals surface area contributed by atoms with Crippen LogP contribution in [0.3, 0.4) is 0 Å². The molecule has 0 aliphatic heterocycles. The van der Waals surface area contributed by atoms with Crippen LogP contribution in [0.15, 0.2) is 0 Å². The molecule has 0 amide bonds. The average molecular weight is 238 g/mol. The second kappa shape index (κ2) is 9.87. The van der Waals surface area contributed by atoms with Gasteiger partial charge in [-0.15, -0.1) is 0 Å². The number of carbonyl (C=O) groups is 3. The maximum atomic E-state index is 10.7. The van der Waals surface area contributed by atoms with Crippen molar-refractivity contribution in [2.24, 2.45) is 0 Å². The van der Waals surface area contributed by atoms with Gasteiger partial charge in [0.2, 0.25) is 0 Å². The topological polar surface area (TPSA) is 131 Å². The Balaban J connectivity index is 0. The fraction of sp³-hybridized carbons (Fsp3) is 0.625. The van der Waals surface area contributed by atoms with Gasteiger partial charge in [-0.1, -0.05) is 13.3 Å². The second-order valence-corrected chi connectivity index (χ2v) is 2.40. The molecule has 0 saturated heterocycles. The van der Waals surface area contributed by atoms with E-state index in [4.69, 9.17) is 5.11 Å². The van der Waals surface area contributed by atoms with Crippen molar-refractivity contribution in [3.05, 3.63) is 0 Å². The van der Waals surface area contributed by atoms with Crippen molar-refractivity contribution < 1.29 is 39.2 Å². The maximum absolute atomic E-state index is 10.7. The molecule has 94 valence electrons. The second-order valence-electron chi connectivity index (χ2n) is 2.40. The molecule has 0 unspecified atom stereocenters. The fourth-order valence-electron chi connectivity index (χ4n) is 0.564. The summed E-state index contributed by atoms with van der Waals surface area (Å²) in [6.45, 7) is 1.04. The van der Waals surface area contributed by atoms with Gasteiger partial charge >= 0.3 is 18.1 Å². The Bertz CT molecular complexity index is 236. The molecule has 0 aromatic carbocycles. The first-order valence-electron chi connectivity index (χ1n) is 4.28. The monoisotopic (exact) mass is 238 g/mol. The molecule has 0 aromatic rings.